The van der Waals surface area contributed by atoms with Crippen LogP contribution < -0.4 is 11.1 Å². The van der Waals surface area contributed by atoms with E-state index in [-0.39, 0.29) is 35.9 Å². The Balaban J connectivity index is 0.00000220. The first-order valence-corrected chi connectivity index (χ1v) is 7.99. The SMILES string of the molecule is CCCCNC(N)=NCC1COC2(CCC(C)CC2)O1.I. The first-order chi connectivity index (χ1) is 9.63. The van der Waals surface area contributed by atoms with E-state index in [4.69, 9.17) is 15.2 Å². The van der Waals surface area contributed by atoms with Crippen LogP contribution in [0.1, 0.15) is 52.4 Å². The van der Waals surface area contributed by atoms with Crippen molar-refractivity contribution < 1.29 is 9.47 Å². The maximum absolute atomic E-state index is 6.10. The lowest BCUT2D eigenvalue weighted by Gasteiger charge is -2.34. The van der Waals surface area contributed by atoms with Gasteiger partial charge in [-0.2, -0.15) is 0 Å². The zero-order valence-corrected chi connectivity index (χ0v) is 15.6. The van der Waals surface area contributed by atoms with E-state index in [1.807, 2.05) is 0 Å². The number of nitrogens with one attached hydrogen (secondary N) is 1. The molecule has 1 aliphatic carbocycles. The van der Waals surface area contributed by atoms with Crippen LogP contribution in [0, 0.1) is 5.92 Å². The maximum atomic E-state index is 6.10. The van der Waals surface area contributed by atoms with Gasteiger partial charge in [0, 0.05) is 19.4 Å². The fraction of sp³-hybridized carbons (Fsp3) is 0.933. The molecular formula is C15H30IN3O2. The molecule has 2 rings (SSSR count). The van der Waals surface area contributed by atoms with Crippen LogP contribution in [0.3, 0.4) is 0 Å². The molecule has 1 spiro atoms. The zero-order valence-electron chi connectivity index (χ0n) is 13.3. The second-order valence-corrected chi connectivity index (χ2v) is 6.15. The van der Waals surface area contributed by atoms with Crippen LogP contribution in [-0.4, -0.2) is 37.5 Å². The van der Waals surface area contributed by atoms with Gasteiger partial charge in [-0.25, -0.2) is 0 Å². The Kier molecular flexibility index (Phi) is 8.26. The minimum atomic E-state index is -0.322. The van der Waals surface area contributed by atoms with Crippen molar-refractivity contribution in [1.82, 2.24) is 5.32 Å². The molecule has 1 unspecified atom stereocenters. The monoisotopic (exact) mass is 411 g/mol. The number of ether oxygens (including phenoxy) is 2. The fourth-order valence-corrected chi connectivity index (χ4v) is 2.82. The molecule has 0 amide bonds. The van der Waals surface area contributed by atoms with E-state index in [0.29, 0.717) is 19.1 Å². The number of hydrogen-bond acceptors (Lipinski definition) is 3. The third kappa shape index (κ3) is 5.90. The van der Waals surface area contributed by atoms with Crippen molar-refractivity contribution in [2.24, 2.45) is 16.6 Å². The molecule has 124 valence electrons. The fourth-order valence-electron chi connectivity index (χ4n) is 2.82. The minimum Gasteiger partial charge on any atom is -0.370 e. The molecule has 6 heteroatoms. The molecule has 0 aromatic rings. The highest BCUT2D eigenvalue weighted by Crippen LogP contribution is 2.39. The average molecular weight is 411 g/mol. The summed E-state index contributed by atoms with van der Waals surface area (Å²) < 4.78 is 12.0. The molecule has 1 saturated carbocycles. The first-order valence-electron chi connectivity index (χ1n) is 7.99. The highest BCUT2D eigenvalue weighted by molar-refractivity contribution is 14.0. The Morgan fingerprint density at radius 1 is 1.38 bits per heavy atom. The van der Waals surface area contributed by atoms with Crippen molar-refractivity contribution in [3.05, 3.63) is 0 Å². The van der Waals surface area contributed by atoms with Gasteiger partial charge >= 0.3 is 0 Å². The highest BCUT2D eigenvalue weighted by atomic mass is 127. The van der Waals surface area contributed by atoms with Crippen LogP contribution >= 0.6 is 24.0 Å². The average Bonchev–Trinajstić information content (AvgIpc) is 2.84. The number of guanidine groups is 1. The predicted molar refractivity (Wildman–Crippen MR) is 96.0 cm³/mol. The summed E-state index contributed by atoms with van der Waals surface area (Å²) in [6.07, 6.45) is 6.72. The standard InChI is InChI=1S/C15H29N3O2.HI/c1-3-4-9-17-14(16)18-10-13-11-19-15(20-13)7-5-12(2)6-8-15;/h12-13H,3-11H2,1-2H3,(H3,16,17,18);1H. The Labute approximate surface area is 145 Å². The second-order valence-electron chi connectivity index (χ2n) is 6.15. The summed E-state index contributed by atoms with van der Waals surface area (Å²) in [4.78, 5) is 4.35. The number of aliphatic imine (C=N–C) groups is 1. The molecule has 0 aromatic heterocycles. The van der Waals surface area contributed by atoms with Crippen LogP contribution in [0.2, 0.25) is 0 Å². The van der Waals surface area contributed by atoms with Gasteiger partial charge < -0.3 is 20.5 Å². The van der Waals surface area contributed by atoms with Crippen molar-refractivity contribution in [1.29, 1.82) is 0 Å². The minimum absolute atomic E-state index is 0. The molecule has 1 saturated heterocycles. The van der Waals surface area contributed by atoms with Crippen molar-refractivity contribution in [3.63, 3.8) is 0 Å². The van der Waals surface area contributed by atoms with Crippen LogP contribution in [0.4, 0.5) is 0 Å². The van der Waals surface area contributed by atoms with Crippen LogP contribution in [0.15, 0.2) is 4.99 Å². The lowest BCUT2D eigenvalue weighted by atomic mass is 9.86. The molecule has 5 nitrogen and oxygen atoms in total. The number of halogens is 1. The van der Waals surface area contributed by atoms with Crippen LogP contribution in [-0.2, 0) is 9.47 Å². The van der Waals surface area contributed by atoms with Gasteiger partial charge in [-0.05, 0) is 25.2 Å². The lowest BCUT2D eigenvalue weighted by molar-refractivity contribution is -0.190. The number of unbranched alkanes of at least 4 members (excludes halogenated alkanes) is 1. The predicted octanol–water partition coefficient (Wildman–Crippen LogP) is 2.63. The summed E-state index contributed by atoms with van der Waals surface area (Å²) in [5.41, 5.74) is 5.82. The third-order valence-electron chi connectivity index (χ3n) is 4.25. The van der Waals surface area contributed by atoms with Gasteiger partial charge in [0.25, 0.3) is 0 Å². The normalized spacial score (nSPS) is 33.0. The second kappa shape index (κ2) is 9.15. The number of rotatable bonds is 5. The van der Waals surface area contributed by atoms with Gasteiger partial charge in [0.05, 0.1) is 13.2 Å². The molecule has 21 heavy (non-hydrogen) atoms. The van der Waals surface area contributed by atoms with Gasteiger partial charge in [0.15, 0.2) is 11.7 Å². The molecule has 0 aromatic carbocycles. The molecule has 2 aliphatic rings. The molecule has 3 N–H and O–H groups in total. The Morgan fingerprint density at radius 2 is 2.10 bits per heavy atom. The molecule has 0 radical (unpaired) electrons. The van der Waals surface area contributed by atoms with E-state index < -0.39 is 0 Å². The van der Waals surface area contributed by atoms with Crippen LogP contribution in [0.5, 0.6) is 0 Å². The van der Waals surface area contributed by atoms with Crippen LogP contribution in [0.25, 0.3) is 0 Å². The summed E-state index contributed by atoms with van der Waals surface area (Å²) in [6.45, 7) is 6.56. The van der Waals surface area contributed by atoms with E-state index >= 15 is 0 Å². The quantitative estimate of drug-likeness (QED) is 0.316. The zero-order chi connectivity index (χ0) is 14.4. The molecular weight excluding hydrogens is 381 g/mol. The van der Waals surface area contributed by atoms with Crippen molar-refractivity contribution in [2.75, 3.05) is 19.7 Å². The molecule has 1 atom stereocenters. The van der Waals surface area contributed by atoms with E-state index in [1.54, 1.807) is 0 Å². The summed E-state index contributed by atoms with van der Waals surface area (Å²) >= 11 is 0. The number of nitrogens with zero attached hydrogens (tertiary/aromatic N) is 1. The maximum Gasteiger partial charge on any atom is 0.188 e. The molecule has 0 bridgehead atoms. The number of nitrogens with two attached hydrogens (primary N) is 1. The van der Waals surface area contributed by atoms with Crippen molar-refractivity contribution in [2.45, 2.75) is 64.3 Å². The smallest absolute Gasteiger partial charge is 0.188 e. The summed E-state index contributed by atoms with van der Waals surface area (Å²) in [5, 5.41) is 3.12. The van der Waals surface area contributed by atoms with E-state index in [2.05, 4.69) is 24.2 Å². The summed E-state index contributed by atoms with van der Waals surface area (Å²) in [7, 11) is 0. The topological polar surface area (TPSA) is 68.9 Å². The van der Waals surface area contributed by atoms with E-state index in [0.717, 1.165) is 38.1 Å². The van der Waals surface area contributed by atoms with E-state index in [9.17, 15) is 0 Å². The van der Waals surface area contributed by atoms with Crippen molar-refractivity contribution in [3.8, 4) is 0 Å². The number of hydrogen-bond donors (Lipinski definition) is 2. The van der Waals surface area contributed by atoms with Gasteiger partial charge in [-0.3, -0.25) is 4.99 Å². The largest absolute Gasteiger partial charge is 0.370 e. The van der Waals surface area contributed by atoms with E-state index in [1.165, 1.54) is 12.8 Å². The molecule has 2 fully saturated rings. The highest BCUT2D eigenvalue weighted by Gasteiger charge is 2.43. The van der Waals surface area contributed by atoms with Gasteiger partial charge in [0.1, 0.15) is 6.10 Å². The van der Waals surface area contributed by atoms with Gasteiger partial charge in [0.2, 0.25) is 0 Å². The summed E-state index contributed by atoms with van der Waals surface area (Å²) in [6, 6.07) is 0. The van der Waals surface area contributed by atoms with Gasteiger partial charge in [-0.15, -0.1) is 24.0 Å². The Hall–Kier alpha value is -0.0800. The first kappa shape index (κ1) is 19.0. The Morgan fingerprint density at radius 3 is 2.76 bits per heavy atom. The van der Waals surface area contributed by atoms with Gasteiger partial charge in [-0.1, -0.05) is 20.3 Å². The third-order valence-corrected chi connectivity index (χ3v) is 4.25. The molecule has 1 heterocycles. The Bertz CT molecular complexity index is 331. The summed E-state index contributed by atoms with van der Waals surface area (Å²) in [5.74, 6) is 0.987. The molecule has 1 aliphatic heterocycles. The van der Waals surface area contributed by atoms with Crippen molar-refractivity contribution >= 4 is 29.9 Å². The lowest BCUT2D eigenvalue weighted by Crippen LogP contribution is -2.36.